The molecule has 0 aromatic rings. The van der Waals surface area contributed by atoms with Crippen molar-refractivity contribution in [3.05, 3.63) is 0 Å². The maximum atomic E-state index is 11.7. The van der Waals surface area contributed by atoms with E-state index < -0.39 is 34.9 Å². The molecule has 0 saturated carbocycles. The quantitative estimate of drug-likeness (QED) is 0.632. The number of carboxylic acids is 1. The first-order chi connectivity index (χ1) is 11.8. The number of carboxylic acid groups (broad SMARTS) is 1. The van der Waals surface area contributed by atoms with Crippen molar-refractivity contribution in [1.82, 2.24) is 0 Å². The Labute approximate surface area is 148 Å². The Bertz CT molecular complexity index is 696. The van der Waals surface area contributed by atoms with Crippen LogP contribution in [0.3, 0.4) is 0 Å². The summed E-state index contributed by atoms with van der Waals surface area (Å²) < 4.78 is 3.95. The van der Waals surface area contributed by atoms with Gasteiger partial charge in [0.15, 0.2) is 0 Å². The first kappa shape index (κ1) is 21.8. The van der Waals surface area contributed by atoms with Crippen molar-refractivity contribution >= 4 is 23.8 Å². The monoisotopic (exact) mass is 364 g/mol. The second-order valence-corrected chi connectivity index (χ2v) is 4.97. The fourth-order valence-electron chi connectivity index (χ4n) is 1.98. The van der Waals surface area contributed by atoms with Crippen molar-refractivity contribution in [2.24, 2.45) is 21.1 Å². The largest absolute Gasteiger partial charge is 0.479 e. The number of hydrogen-bond acceptors (Lipinski definition) is 9. The molecule has 0 bridgehead atoms. The molecule has 0 aromatic carbocycles. The Balaban J connectivity index is 6.08. The van der Waals surface area contributed by atoms with Crippen LogP contribution in [-0.2, 0) is 13.9 Å². The van der Waals surface area contributed by atoms with E-state index in [1.807, 2.05) is 0 Å². The third-order valence-electron chi connectivity index (χ3n) is 3.55. The molecule has 2 atom stereocenters. The third kappa shape index (κ3) is 3.83. The molecule has 10 nitrogen and oxygen atoms in total. The number of aliphatic carboxylic acids is 1. The fourth-order valence-corrected chi connectivity index (χ4v) is 2.11. The summed E-state index contributed by atoms with van der Waals surface area (Å²) in [6, 6.07) is 3.04. The molecule has 0 spiro atoms. The number of halogens is 1. The van der Waals surface area contributed by atoms with Gasteiger partial charge in [-0.05, 0) is 12.8 Å². The number of carbonyl (C=O) groups is 2. The van der Waals surface area contributed by atoms with Gasteiger partial charge >= 0.3 is 11.9 Å². The van der Waals surface area contributed by atoms with Crippen LogP contribution in [0, 0.1) is 56.2 Å². The van der Waals surface area contributed by atoms with E-state index in [9.17, 15) is 25.2 Å². The number of rotatable bonds is 8. The van der Waals surface area contributed by atoms with Crippen LogP contribution in [0.4, 0.5) is 0 Å². The van der Waals surface area contributed by atoms with Crippen molar-refractivity contribution in [3.63, 3.8) is 0 Å². The predicted octanol–water partition coefficient (Wildman–Crippen LogP) is 1.84. The molecular formula is C14H13ClN6O4. The van der Waals surface area contributed by atoms with Crippen LogP contribution in [0.25, 0.3) is 0 Å². The summed E-state index contributed by atoms with van der Waals surface area (Å²) in [5.41, 5.74) is -4.89. The SMILES string of the molecule is CCC(N=NC(CC)C(C#N)(C#N)C(=O)OCl)C(C#N)(C#N)C(=O)O. The Kier molecular flexibility index (Phi) is 8.00. The lowest BCUT2D eigenvalue weighted by Gasteiger charge is -2.23. The fraction of sp³-hybridized carbons (Fsp3) is 0.571. The van der Waals surface area contributed by atoms with Crippen LogP contribution in [0.5, 0.6) is 0 Å². The van der Waals surface area contributed by atoms with Gasteiger partial charge in [0, 0.05) is 0 Å². The molecule has 11 heteroatoms. The Morgan fingerprint density at radius 3 is 1.60 bits per heavy atom. The highest BCUT2D eigenvalue weighted by Gasteiger charge is 2.51. The topological polar surface area (TPSA) is 183 Å². The summed E-state index contributed by atoms with van der Waals surface area (Å²) in [4.78, 5) is 23.0. The van der Waals surface area contributed by atoms with Crippen LogP contribution >= 0.6 is 11.9 Å². The molecule has 1 N–H and O–H groups in total. The molecule has 130 valence electrons. The lowest BCUT2D eigenvalue weighted by atomic mass is 9.81. The summed E-state index contributed by atoms with van der Waals surface area (Å²) >= 11 is 4.96. The summed E-state index contributed by atoms with van der Waals surface area (Å²) in [6.45, 7) is 2.97. The number of carbonyl (C=O) groups excluding carboxylic acids is 1. The number of nitrogens with zero attached hydrogens (tertiary/aromatic N) is 6. The molecule has 0 aliphatic rings. The molecule has 2 unspecified atom stereocenters. The zero-order chi connectivity index (χ0) is 19.7. The molecule has 0 heterocycles. The predicted molar refractivity (Wildman–Crippen MR) is 79.9 cm³/mol. The number of nitriles is 4. The van der Waals surface area contributed by atoms with E-state index in [-0.39, 0.29) is 12.8 Å². The van der Waals surface area contributed by atoms with Crippen LogP contribution in [-0.4, -0.2) is 29.1 Å². The highest BCUT2D eigenvalue weighted by Crippen LogP contribution is 2.31. The van der Waals surface area contributed by atoms with Crippen molar-refractivity contribution in [2.45, 2.75) is 38.8 Å². The summed E-state index contributed by atoms with van der Waals surface area (Å²) in [6.07, 6.45) is -0.0639. The van der Waals surface area contributed by atoms with E-state index >= 15 is 0 Å². The Morgan fingerprint density at radius 2 is 1.36 bits per heavy atom. The molecule has 0 aliphatic carbocycles. The average molecular weight is 365 g/mol. The van der Waals surface area contributed by atoms with Gasteiger partial charge in [0.25, 0.3) is 10.8 Å². The van der Waals surface area contributed by atoms with Gasteiger partial charge in [0.1, 0.15) is 23.9 Å². The Morgan fingerprint density at radius 1 is 1.00 bits per heavy atom. The van der Waals surface area contributed by atoms with Crippen molar-refractivity contribution < 1.29 is 19.0 Å². The summed E-state index contributed by atoms with van der Waals surface area (Å²) in [7, 11) is 0. The van der Waals surface area contributed by atoms with Gasteiger partial charge in [0.05, 0.1) is 24.3 Å². The molecule has 0 rings (SSSR count). The van der Waals surface area contributed by atoms with Crippen molar-refractivity contribution in [2.75, 3.05) is 0 Å². The highest BCUT2D eigenvalue weighted by atomic mass is 35.5. The molecule has 0 radical (unpaired) electrons. The molecule has 0 amide bonds. The first-order valence-corrected chi connectivity index (χ1v) is 7.22. The van der Waals surface area contributed by atoms with E-state index in [1.54, 1.807) is 0 Å². The molecule has 0 aromatic heterocycles. The van der Waals surface area contributed by atoms with Gasteiger partial charge < -0.3 is 9.40 Å². The van der Waals surface area contributed by atoms with E-state index in [0.717, 1.165) is 0 Å². The minimum atomic E-state index is -2.49. The zero-order valence-electron chi connectivity index (χ0n) is 13.3. The van der Waals surface area contributed by atoms with E-state index in [4.69, 9.17) is 22.4 Å². The molecular weight excluding hydrogens is 352 g/mol. The summed E-state index contributed by atoms with van der Waals surface area (Å²) in [5.74, 6) is -3.06. The lowest BCUT2D eigenvalue weighted by Crippen LogP contribution is -2.41. The molecule has 0 saturated heterocycles. The van der Waals surface area contributed by atoms with E-state index in [2.05, 4.69) is 14.5 Å². The molecule has 25 heavy (non-hydrogen) atoms. The minimum absolute atomic E-state index is 0.0216. The third-order valence-corrected chi connectivity index (χ3v) is 3.69. The second-order valence-electron chi connectivity index (χ2n) is 4.81. The van der Waals surface area contributed by atoms with Gasteiger partial charge in [-0.15, -0.1) is 0 Å². The van der Waals surface area contributed by atoms with E-state index in [1.165, 1.54) is 38.1 Å². The maximum Gasteiger partial charge on any atom is 0.361 e. The smallest absolute Gasteiger partial charge is 0.361 e. The number of azo groups is 1. The maximum absolute atomic E-state index is 11.7. The standard InChI is InChI=1S/C14H13ClN6O4/c1-3-9(13(5-16,6-17)11(22)23)20-21-10(4-2)14(7-18,8-19)12(24)25-15/h9-10H,3-4H2,1-2H3,(H,22,23). The van der Waals surface area contributed by atoms with Crippen molar-refractivity contribution in [3.8, 4) is 24.3 Å². The minimum Gasteiger partial charge on any atom is -0.479 e. The van der Waals surface area contributed by atoms with Crippen LogP contribution in [0.1, 0.15) is 26.7 Å². The lowest BCUT2D eigenvalue weighted by molar-refractivity contribution is -0.144. The number of hydrogen-bond donors (Lipinski definition) is 1. The van der Waals surface area contributed by atoms with Crippen LogP contribution in [0.15, 0.2) is 10.2 Å². The average Bonchev–Trinajstić information content (AvgIpc) is 2.63. The zero-order valence-corrected chi connectivity index (χ0v) is 14.1. The highest BCUT2D eigenvalue weighted by molar-refractivity contribution is 6.14. The van der Waals surface area contributed by atoms with Gasteiger partial charge in [-0.1, -0.05) is 13.8 Å². The van der Waals surface area contributed by atoms with Crippen LogP contribution < -0.4 is 0 Å². The normalized spacial score (nSPS) is 13.6. The second kappa shape index (κ2) is 9.17. The van der Waals surface area contributed by atoms with Crippen LogP contribution in [0.2, 0.25) is 0 Å². The summed E-state index contributed by atoms with van der Waals surface area (Å²) in [5, 5.41) is 53.2. The van der Waals surface area contributed by atoms with Crippen molar-refractivity contribution in [1.29, 1.82) is 21.0 Å². The van der Waals surface area contributed by atoms with Gasteiger partial charge in [-0.3, -0.25) is 0 Å². The van der Waals surface area contributed by atoms with Gasteiger partial charge in [0.2, 0.25) is 0 Å². The molecule has 0 fully saturated rings. The van der Waals surface area contributed by atoms with Gasteiger partial charge in [-0.25, -0.2) is 9.59 Å². The molecule has 0 aliphatic heterocycles. The van der Waals surface area contributed by atoms with E-state index in [0.29, 0.717) is 0 Å². The Hall–Kier alpha value is -3.21. The van der Waals surface area contributed by atoms with Gasteiger partial charge in [-0.2, -0.15) is 31.3 Å². The first-order valence-electron chi connectivity index (χ1n) is 6.91.